The molecule has 18 heavy (non-hydrogen) atoms. The van der Waals surface area contributed by atoms with Gasteiger partial charge in [0.25, 0.3) is 0 Å². The summed E-state index contributed by atoms with van der Waals surface area (Å²) in [7, 11) is 0. The van der Waals surface area contributed by atoms with Crippen molar-refractivity contribution in [2.75, 3.05) is 5.32 Å². The van der Waals surface area contributed by atoms with Crippen molar-refractivity contribution in [2.45, 2.75) is 6.61 Å². The zero-order valence-corrected chi connectivity index (χ0v) is 10.9. The van der Waals surface area contributed by atoms with E-state index in [9.17, 15) is 4.79 Å². The molecule has 0 bridgehead atoms. The number of hydrogen-bond donors (Lipinski definition) is 1. The first-order valence-electron chi connectivity index (χ1n) is 5.20. The van der Waals surface area contributed by atoms with Gasteiger partial charge < -0.3 is 4.74 Å². The maximum absolute atomic E-state index is 11.5. The molecule has 0 spiro atoms. The first kappa shape index (κ1) is 12.5. The van der Waals surface area contributed by atoms with Crippen LogP contribution < -0.4 is 5.32 Å². The molecule has 92 valence electrons. The van der Waals surface area contributed by atoms with Gasteiger partial charge in [-0.3, -0.25) is 5.32 Å². The van der Waals surface area contributed by atoms with E-state index in [0.29, 0.717) is 4.60 Å². The fourth-order valence-electron chi connectivity index (χ4n) is 1.25. The van der Waals surface area contributed by atoms with Crippen LogP contribution in [-0.4, -0.2) is 16.1 Å². The van der Waals surface area contributed by atoms with Crippen LogP contribution in [0.4, 0.5) is 10.7 Å². The Balaban J connectivity index is 1.86. The van der Waals surface area contributed by atoms with Crippen LogP contribution in [0.25, 0.3) is 0 Å². The maximum atomic E-state index is 11.5. The van der Waals surface area contributed by atoms with Crippen molar-refractivity contribution in [3.05, 3.63) is 52.8 Å². The number of aromatic nitrogens is 2. The molecule has 1 aromatic carbocycles. The quantitative estimate of drug-likeness (QED) is 0.885. The van der Waals surface area contributed by atoms with E-state index in [1.54, 1.807) is 6.07 Å². The third-order valence-electron chi connectivity index (χ3n) is 2.05. The van der Waals surface area contributed by atoms with Crippen molar-refractivity contribution in [1.82, 2.24) is 9.97 Å². The van der Waals surface area contributed by atoms with Gasteiger partial charge in [-0.25, -0.2) is 14.8 Å². The highest BCUT2D eigenvalue weighted by molar-refractivity contribution is 9.10. The Bertz CT molecular complexity index is 534. The van der Waals surface area contributed by atoms with Crippen LogP contribution in [0.5, 0.6) is 0 Å². The highest BCUT2D eigenvalue weighted by Gasteiger charge is 2.05. The van der Waals surface area contributed by atoms with Gasteiger partial charge in [-0.2, -0.15) is 0 Å². The molecule has 1 aromatic heterocycles. The lowest BCUT2D eigenvalue weighted by molar-refractivity contribution is 0.155. The lowest BCUT2D eigenvalue weighted by atomic mass is 10.2. The highest BCUT2D eigenvalue weighted by atomic mass is 79.9. The summed E-state index contributed by atoms with van der Waals surface area (Å²) >= 11 is 3.18. The van der Waals surface area contributed by atoms with Crippen molar-refractivity contribution in [3.8, 4) is 0 Å². The average molecular weight is 308 g/mol. The average Bonchev–Trinajstić information content (AvgIpc) is 2.38. The number of carbonyl (C=O) groups excluding carboxylic acids is 1. The fourth-order valence-corrected chi connectivity index (χ4v) is 1.53. The zero-order valence-electron chi connectivity index (χ0n) is 9.34. The second-order valence-electron chi connectivity index (χ2n) is 3.39. The Morgan fingerprint density at radius 3 is 2.78 bits per heavy atom. The molecule has 0 aliphatic rings. The smallest absolute Gasteiger partial charge is 0.414 e. The predicted molar refractivity (Wildman–Crippen MR) is 70.0 cm³/mol. The van der Waals surface area contributed by atoms with Crippen LogP contribution in [0.3, 0.4) is 0 Å². The summed E-state index contributed by atoms with van der Waals surface area (Å²) in [5, 5.41) is 2.44. The number of benzene rings is 1. The van der Waals surface area contributed by atoms with Crippen molar-refractivity contribution in [1.29, 1.82) is 0 Å². The summed E-state index contributed by atoms with van der Waals surface area (Å²) in [5.74, 6) is 0.197. The molecule has 0 radical (unpaired) electrons. The summed E-state index contributed by atoms with van der Waals surface area (Å²) in [6.45, 7) is 0.209. The van der Waals surface area contributed by atoms with Crippen LogP contribution >= 0.6 is 15.9 Å². The minimum Gasteiger partial charge on any atom is -0.444 e. The van der Waals surface area contributed by atoms with E-state index in [0.717, 1.165) is 5.56 Å². The van der Waals surface area contributed by atoms with Gasteiger partial charge in [0.1, 0.15) is 11.2 Å². The fraction of sp³-hybridized carbons (Fsp3) is 0.0833. The van der Waals surface area contributed by atoms with Crippen molar-refractivity contribution in [3.63, 3.8) is 0 Å². The number of halogens is 1. The number of amides is 1. The molecule has 6 heteroatoms. The number of hydrogen-bond acceptors (Lipinski definition) is 4. The molecule has 0 atom stereocenters. The Morgan fingerprint density at radius 1 is 1.28 bits per heavy atom. The molecule has 0 aliphatic carbocycles. The van der Waals surface area contributed by atoms with Gasteiger partial charge >= 0.3 is 6.09 Å². The van der Waals surface area contributed by atoms with Gasteiger partial charge in [0.2, 0.25) is 5.95 Å². The Morgan fingerprint density at radius 2 is 2.06 bits per heavy atom. The molecular formula is C12H10BrN3O2. The van der Waals surface area contributed by atoms with E-state index < -0.39 is 6.09 Å². The van der Waals surface area contributed by atoms with Gasteiger partial charge in [0, 0.05) is 6.20 Å². The van der Waals surface area contributed by atoms with Gasteiger partial charge in [0.15, 0.2) is 0 Å². The number of nitrogens with one attached hydrogen (secondary N) is 1. The van der Waals surface area contributed by atoms with Crippen LogP contribution in [0.15, 0.2) is 47.2 Å². The van der Waals surface area contributed by atoms with Crippen LogP contribution in [-0.2, 0) is 11.3 Å². The van der Waals surface area contributed by atoms with Crippen LogP contribution in [0.2, 0.25) is 0 Å². The second-order valence-corrected chi connectivity index (χ2v) is 4.20. The summed E-state index contributed by atoms with van der Waals surface area (Å²) in [5.41, 5.74) is 0.919. The van der Waals surface area contributed by atoms with E-state index in [-0.39, 0.29) is 12.6 Å². The molecule has 5 nitrogen and oxygen atoms in total. The standard InChI is InChI=1S/C12H10BrN3O2/c13-10-6-7-14-11(15-10)16-12(17)18-8-9-4-2-1-3-5-9/h1-7H,8H2,(H,14,15,16,17). The first-order valence-corrected chi connectivity index (χ1v) is 5.99. The SMILES string of the molecule is O=C(Nc1nccc(Br)n1)OCc1ccccc1. The normalized spacial score (nSPS) is 9.83. The van der Waals surface area contributed by atoms with Crippen molar-refractivity contribution >= 4 is 28.0 Å². The molecule has 0 saturated carbocycles. The highest BCUT2D eigenvalue weighted by Crippen LogP contribution is 2.07. The molecule has 0 saturated heterocycles. The largest absolute Gasteiger partial charge is 0.444 e. The van der Waals surface area contributed by atoms with Gasteiger partial charge in [-0.1, -0.05) is 30.3 Å². The van der Waals surface area contributed by atoms with Gasteiger partial charge in [-0.05, 0) is 27.6 Å². The minimum atomic E-state index is -0.586. The predicted octanol–water partition coefficient (Wildman–Crippen LogP) is 2.99. The molecule has 0 unspecified atom stereocenters. The van der Waals surface area contributed by atoms with Gasteiger partial charge in [0.05, 0.1) is 0 Å². The topological polar surface area (TPSA) is 64.1 Å². The van der Waals surface area contributed by atoms with E-state index in [1.807, 2.05) is 30.3 Å². The Labute approximate surface area is 112 Å². The molecule has 1 amide bonds. The minimum absolute atomic E-state index is 0.197. The molecule has 1 heterocycles. The summed E-state index contributed by atoms with van der Waals surface area (Å²) in [6, 6.07) is 11.1. The zero-order chi connectivity index (χ0) is 12.8. The second kappa shape index (κ2) is 6.11. The molecule has 2 rings (SSSR count). The monoisotopic (exact) mass is 307 g/mol. The maximum Gasteiger partial charge on any atom is 0.414 e. The number of nitrogens with zero attached hydrogens (tertiary/aromatic N) is 2. The summed E-state index contributed by atoms with van der Waals surface area (Å²) < 4.78 is 5.62. The number of rotatable bonds is 3. The van der Waals surface area contributed by atoms with Gasteiger partial charge in [-0.15, -0.1) is 0 Å². The Kier molecular flexibility index (Phi) is 4.25. The van der Waals surface area contributed by atoms with Crippen molar-refractivity contribution < 1.29 is 9.53 Å². The van der Waals surface area contributed by atoms with E-state index >= 15 is 0 Å². The first-order chi connectivity index (χ1) is 8.74. The lowest BCUT2D eigenvalue weighted by Gasteiger charge is -2.05. The van der Waals surface area contributed by atoms with Crippen LogP contribution in [0, 0.1) is 0 Å². The third-order valence-corrected chi connectivity index (χ3v) is 2.49. The molecular weight excluding hydrogens is 298 g/mol. The van der Waals surface area contributed by atoms with E-state index in [1.165, 1.54) is 6.20 Å². The van der Waals surface area contributed by atoms with Crippen LogP contribution in [0.1, 0.15) is 5.56 Å². The molecule has 2 aromatic rings. The molecule has 1 N–H and O–H groups in total. The van der Waals surface area contributed by atoms with Crippen molar-refractivity contribution in [2.24, 2.45) is 0 Å². The lowest BCUT2D eigenvalue weighted by Crippen LogP contribution is -2.15. The Hall–Kier alpha value is -1.95. The number of ether oxygens (including phenoxy) is 1. The van der Waals surface area contributed by atoms with E-state index in [4.69, 9.17) is 4.74 Å². The molecule has 0 fully saturated rings. The third kappa shape index (κ3) is 3.81. The molecule has 0 aliphatic heterocycles. The summed E-state index contributed by atoms with van der Waals surface area (Å²) in [4.78, 5) is 19.3. The number of anilines is 1. The number of carbonyl (C=O) groups is 1. The van der Waals surface area contributed by atoms with E-state index in [2.05, 4.69) is 31.2 Å². The summed E-state index contributed by atoms with van der Waals surface area (Å²) in [6.07, 6.45) is 0.945.